The number of aromatic nitrogens is 3. The maximum absolute atomic E-state index is 13.0. The second-order valence-corrected chi connectivity index (χ2v) is 9.38. The van der Waals surface area contributed by atoms with Crippen molar-refractivity contribution in [1.29, 1.82) is 0 Å². The molecule has 1 atom stereocenters. The van der Waals surface area contributed by atoms with Gasteiger partial charge in [0.15, 0.2) is 0 Å². The number of hydrogen-bond acceptors (Lipinski definition) is 5. The van der Waals surface area contributed by atoms with Crippen LogP contribution in [0.1, 0.15) is 48.2 Å². The number of amides is 1. The van der Waals surface area contributed by atoms with E-state index in [1.54, 1.807) is 0 Å². The van der Waals surface area contributed by atoms with E-state index < -0.39 is 0 Å². The first-order valence-electron chi connectivity index (χ1n) is 11.7. The molecule has 1 unspecified atom stereocenters. The summed E-state index contributed by atoms with van der Waals surface area (Å²) in [6.07, 6.45) is 5.25. The monoisotopic (exact) mass is 472 g/mol. The van der Waals surface area contributed by atoms with Gasteiger partial charge >= 0.3 is 0 Å². The molecule has 34 heavy (non-hydrogen) atoms. The van der Waals surface area contributed by atoms with Gasteiger partial charge in [0.2, 0.25) is 5.91 Å². The zero-order valence-electron chi connectivity index (χ0n) is 19.5. The Balaban J connectivity index is 1.33. The number of hydrogen-bond donors (Lipinski definition) is 1. The zero-order chi connectivity index (χ0) is 23.5. The second-order valence-electron chi connectivity index (χ2n) is 8.53. The maximum Gasteiger partial charge on any atom is 0.231 e. The van der Waals surface area contributed by atoms with Gasteiger partial charge in [0.1, 0.15) is 16.6 Å². The molecule has 0 saturated carbocycles. The highest BCUT2D eigenvalue weighted by atomic mass is 32.1. The summed E-state index contributed by atoms with van der Waals surface area (Å²) >= 11 is 1.53. The molecular weight excluding hydrogens is 444 g/mol. The lowest BCUT2D eigenvalue weighted by Crippen LogP contribution is -2.23. The zero-order valence-corrected chi connectivity index (χ0v) is 20.3. The standard InChI is InChI=1S/C27H28N4O2S/c1-3-33-24-14-7-6-12-22(24)27-29-20(17-34-27)15-25(32)30-26-18(2)16-28-31(26)23-13-8-10-19-9-4-5-11-21(19)23/h4-7,9,11-12,14,16-17,23H,3,8,10,13,15H2,1-2H3,(H,30,32). The van der Waals surface area contributed by atoms with Gasteiger partial charge in [0.25, 0.3) is 0 Å². The normalized spacial score (nSPS) is 15.1. The number of para-hydroxylation sites is 1. The van der Waals surface area contributed by atoms with Crippen molar-refractivity contribution in [3.8, 4) is 16.3 Å². The molecule has 0 fully saturated rings. The number of rotatable bonds is 7. The van der Waals surface area contributed by atoms with Crippen molar-refractivity contribution in [3.63, 3.8) is 0 Å². The summed E-state index contributed by atoms with van der Waals surface area (Å²) in [6.45, 7) is 4.54. The van der Waals surface area contributed by atoms with Crippen LogP contribution in [0.25, 0.3) is 10.6 Å². The Morgan fingerprint density at radius 1 is 1.21 bits per heavy atom. The molecule has 1 aliphatic rings. The fourth-order valence-electron chi connectivity index (χ4n) is 4.60. The average Bonchev–Trinajstić information content (AvgIpc) is 3.46. The first kappa shape index (κ1) is 22.3. The van der Waals surface area contributed by atoms with E-state index in [1.165, 1.54) is 22.5 Å². The summed E-state index contributed by atoms with van der Waals surface area (Å²) in [5.41, 5.74) is 5.32. The molecule has 0 spiro atoms. The second kappa shape index (κ2) is 9.81. The van der Waals surface area contributed by atoms with Gasteiger partial charge in [0, 0.05) is 10.9 Å². The number of ether oxygens (including phenoxy) is 1. The fourth-order valence-corrected chi connectivity index (χ4v) is 5.45. The quantitative estimate of drug-likeness (QED) is 0.368. The lowest BCUT2D eigenvalue weighted by molar-refractivity contribution is -0.115. The molecule has 4 aromatic rings. The van der Waals surface area contributed by atoms with Gasteiger partial charge in [0.05, 0.1) is 36.5 Å². The number of nitrogens with one attached hydrogen (secondary N) is 1. The predicted octanol–water partition coefficient (Wildman–Crippen LogP) is 5.82. The molecule has 1 aliphatic carbocycles. The Morgan fingerprint density at radius 2 is 2.03 bits per heavy atom. The number of carbonyl (C=O) groups is 1. The highest BCUT2D eigenvalue weighted by Gasteiger charge is 2.25. The first-order chi connectivity index (χ1) is 16.6. The Morgan fingerprint density at radius 3 is 2.91 bits per heavy atom. The van der Waals surface area contributed by atoms with Gasteiger partial charge < -0.3 is 10.1 Å². The molecule has 7 heteroatoms. The van der Waals surface area contributed by atoms with E-state index in [4.69, 9.17) is 9.72 Å². The van der Waals surface area contributed by atoms with Crippen LogP contribution in [-0.2, 0) is 17.6 Å². The van der Waals surface area contributed by atoms with Crippen molar-refractivity contribution >= 4 is 23.1 Å². The van der Waals surface area contributed by atoms with Gasteiger partial charge in [-0.25, -0.2) is 9.67 Å². The van der Waals surface area contributed by atoms with Crippen LogP contribution in [0.15, 0.2) is 60.1 Å². The molecular formula is C27H28N4O2S. The highest BCUT2D eigenvalue weighted by Crippen LogP contribution is 2.35. The van der Waals surface area contributed by atoms with E-state index in [0.29, 0.717) is 6.61 Å². The van der Waals surface area contributed by atoms with E-state index in [-0.39, 0.29) is 18.4 Å². The summed E-state index contributed by atoms with van der Waals surface area (Å²) in [7, 11) is 0. The largest absolute Gasteiger partial charge is 0.493 e. The van der Waals surface area contributed by atoms with E-state index in [0.717, 1.165) is 52.7 Å². The molecule has 1 N–H and O–H groups in total. The van der Waals surface area contributed by atoms with Crippen molar-refractivity contribution in [2.24, 2.45) is 0 Å². The molecule has 2 aromatic carbocycles. The number of thiazole rings is 1. The van der Waals surface area contributed by atoms with Crippen LogP contribution < -0.4 is 10.1 Å². The van der Waals surface area contributed by atoms with E-state index in [9.17, 15) is 4.79 Å². The Hall–Kier alpha value is -3.45. The molecule has 2 heterocycles. The van der Waals surface area contributed by atoms with E-state index >= 15 is 0 Å². The average molecular weight is 473 g/mol. The minimum absolute atomic E-state index is 0.0936. The molecule has 0 radical (unpaired) electrons. The highest BCUT2D eigenvalue weighted by molar-refractivity contribution is 7.13. The molecule has 1 amide bonds. The van der Waals surface area contributed by atoms with Crippen LogP contribution >= 0.6 is 11.3 Å². The molecule has 6 nitrogen and oxygen atoms in total. The number of fused-ring (bicyclic) bond motifs is 1. The van der Waals surface area contributed by atoms with Gasteiger partial charge in [-0.05, 0) is 56.4 Å². The van der Waals surface area contributed by atoms with Crippen molar-refractivity contribution in [3.05, 3.63) is 82.5 Å². The lowest BCUT2D eigenvalue weighted by atomic mass is 9.88. The van der Waals surface area contributed by atoms with Crippen molar-refractivity contribution in [2.45, 2.75) is 45.6 Å². The third-order valence-electron chi connectivity index (χ3n) is 6.18. The number of anilines is 1. The molecule has 0 saturated heterocycles. The summed E-state index contributed by atoms with van der Waals surface area (Å²) < 4.78 is 7.72. The maximum atomic E-state index is 13.0. The topological polar surface area (TPSA) is 69.0 Å². The predicted molar refractivity (Wildman–Crippen MR) is 136 cm³/mol. The minimum Gasteiger partial charge on any atom is -0.493 e. The minimum atomic E-state index is -0.0936. The van der Waals surface area contributed by atoms with E-state index in [1.807, 2.05) is 54.4 Å². The molecule has 5 rings (SSSR count). The Kier molecular flexibility index (Phi) is 6.45. The van der Waals surface area contributed by atoms with Crippen LogP contribution in [0.3, 0.4) is 0 Å². The molecule has 0 aliphatic heterocycles. The Bertz CT molecular complexity index is 1310. The third kappa shape index (κ3) is 4.48. The number of benzene rings is 2. The van der Waals surface area contributed by atoms with Gasteiger partial charge in [-0.2, -0.15) is 5.10 Å². The van der Waals surface area contributed by atoms with Gasteiger partial charge in [-0.1, -0.05) is 36.4 Å². The van der Waals surface area contributed by atoms with Crippen LogP contribution in [0.2, 0.25) is 0 Å². The SMILES string of the molecule is CCOc1ccccc1-c1nc(CC(=O)Nc2c(C)cnn2C2CCCc3ccccc32)cs1. The van der Waals surface area contributed by atoms with Crippen LogP contribution in [0.5, 0.6) is 5.75 Å². The smallest absolute Gasteiger partial charge is 0.231 e. The van der Waals surface area contributed by atoms with Crippen molar-refractivity contribution < 1.29 is 9.53 Å². The van der Waals surface area contributed by atoms with Crippen LogP contribution in [0, 0.1) is 6.92 Å². The first-order valence-corrected chi connectivity index (χ1v) is 12.6. The number of aryl methyl sites for hydroxylation is 2. The third-order valence-corrected chi connectivity index (χ3v) is 7.10. The number of nitrogens with zero attached hydrogens (tertiary/aromatic N) is 3. The van der Waals surface area contributed by atoms with E-state index in [2.05, 4.69) is 34.7 Å². The Labute approximate surface area is 203 Å². The summed E-state index contributed by atoms with van der Waals surface area (Å²) in [5, 5.41) is 10.6. The van der Waals surface area contributed by atoms with Crippen molar-refractivity contribution in [1.82, 2.24) is 14.8 Å². The van der Waals surface area contributed by atoms with Crippen molar-refractivity contribution in [2.75, 3.05) is 11.9 Å². The number of carbonyl (C=O) groups excluding carboxylic acids is 1. The van der Waals surface area contributed by atoms with Crippen LogP contribution in [0.4, 0.5) is 5.82 Å². The van der Waals surface area contributed by atoms with Gasteiger partial charge in [-0.15, -0.1) is 11.3 Å². The molecule has 174 valence electrons. The summed E-state index contributed by atoms with van der Waals surface area (Å²) in [5.74, 6) is 1.48. The van der Waals surface area contributed by atoms with Gasteiger partial charge in [-0.3, -0.25) is 4.79 Å². The molecule has 0 bridgehead atoms. The molecule has 2 aromatic heterocycles. The lowest BCUT2D eigenvalue weighted by Gasteiger charge is -2.27. The fraction of sp³-hybridized carbons (Fsp3) is 0.296. The summed E-state index contributed by atoms with van der Waals surface area (Å²) in [4.78, 5) is 17.7. The van der Waals surface area contributed by atoms with Crippen LogP contribution in [-0.4, -0.2) is 27.3 Å². The summed E-state index contributed by atoms with van der Waals surface area (Å²) in [6, 6.07) is 16.5.